The van der Waals surface area contributed by atoms with Crippen molar-refractivity contribution in [2.75, 3.05) is 14.2 Å². The maximum Gasteiger partial charge on any atom is 0.330 e. The Labute approximate surface area is 186 Å². The predicted octanol–water partition coefficient (Wildman–Crippen LogP) is 3.30. The number of esters is 1. The molecule has 0 unspecified atom stereocenters. The second-order valence-corrected chi connectivity index (χ2v) is 8.33. The lowest BCUT2D eigenvalue weighted by Gasteiger charge is -2.26. The minimum absolute atomic E-state index is 0.0322. The van der Waals surface area contributed by atoms with Crippen LogP contribution in [0, 0.1) is 11.8 Å². The average Bonchev–Trinajstić information content (AvgIpc) is 3.07. The normalized spacial score (nSPS) is 18.5. The van der Waals surface area contributed by atoms with Gasteiger partial charge in [0.1, 0.15) is 12.4 Å². The Morgan fingerprint density at radius 1 is 1.12 bits per heavy atom. The number of pyridine rings is 1. The number of carbonyl (C=O) groups is 1. The van der Waals surface area contributed by atoms with Crippen LogP contribution in [-0.2, 0) is 29.7 Å². The fourth-order valence-corrected chi connectivity index (χ4v) is 4.43. The highest BCUT2D eigenvalue weighted by molar-refractivity contribution is 5.73. The number of imidazole rings is 1. The third kappa shape index (κ3) is 4.49. The van der Waals surface area contributed by atoms with E-state index in [-0.39, 0.29) is 17.6 Å². The van der Waals surface area contributed by atoms with Gasteiger partial charge in [-0.2, -0.15) is 4.98 Å². The number of fused-ring (bicyclic) bond motifs is 1. The van der Waals surface area contributed by atoms with Crippen LogP contribution in [0.2, 0.25) is 0 Å². The number of aryl methyl sites for hydroxylation is 1. The molecule has 0 amide bonds. The third-order valence-corrected chi connectivity index (χ3v) is 6.31. The number of hydrogen-bond donors (Lipinski definition) is 0. The lowest BCUT2D eigenvalue weighted by Crippen LogP contribution is -2.29. The molecule has 8 heteroatoms. The van der Waals surface area contributed by atoms with Crippen molar-refractivity contribution >= 4 is 17.1 Å². The highest BCUT2D eigenvalue weighted by Crippen LogP contribution is 2.31. The first-order valence-corrected chi connectivity index (χ1v) is 10.9. The Hall–Kier alpha value is -3.29. The van der Waals surface area contributed by atoms with Crippen LogP contribution >= 0.6 is 0 Å². The van der Waals surface area contributed by atoms with Gasteiger partial charge in [-0.1, -0.05) is 12.1 Å². The van der Waals surface area contributed by atoms with Gasteiger partial charge in [0, 0.05) is 19.7 Å². The van der Waals surface area contributed by atoms with E-state index in [2.05, 4.69) is 4.98 Å². The Balaban J connectivity index is 1.51. The van der Waals surface area contributed by atoms with Gasteiger partial charge in [0.25, 0.3) is 0 Å². The van der Waals surface area contributed by atoms with Crippen LogP contribution < -0.4 is 15.2 Å². The number of nitrogens with zero attached hydrogens (tertiary/aromatic N) is 3. The molecule has 1 saturated carbocycles. The molecule has 2 aromatic heterocycles. The summed E-state index contributed by atoms with van der Waals surface area (Å²) in [6.07, 6.45) is 3.35. The molecule has 170 valence electrons. The van der Waals surface area contributed by atoms with Gasteiger partial charge in [-0.25, -0.2) is 4.79 Å². The van der Waals surface area contributed by atoms with Gasteiger partial charge >= 0.3 is 11.7 Å². The SMILES string of the molecule is COc1cccc(COc2ccc3c(n2)n(C[C@H]2CC[C@H](C(=O)OC)CC2)c(=O)n3C)c1. The highest BCUT2D eigenvalue weighted by atomic mass is 16.5. The molecule has 1 aliphatic carbocycles. The van der Waals surface area contributed by atoms with E-state index in [0.29, 0.717) is 30.6 Å². The van der Waals surface area contributed by atoms with Crippen molar-refractivity contribution in [3.8, 4) is 11.6 Å². The Bertz CT molecular complexity index is 1160. The maximum absolute atomic E-state index is 12.9. The first kappa shape index (κ1) is 21.9. The van der Waals surface area contributed by atoms with E-state index >= 15 is 0 Å². The van der Waals surface area contributed by atoms with Crippen molar-refractivity contribution in [2.24, 2.45) is 18.9 Å². The van der Waals surface area contributed by atoms with Crippen LogP contribution in [-0.4, -0.2) is 34.3 Å². The minimum atomic E-state index is -0.134. The number of carbonyl (C=O) groups excluding carboxylic acids is 1. The smallest absolute Gasteiger partial charge is 0.330 e. The minimum Gasteiger partial charge on any atom is -0.497 e. The van der Waals surface area contributed by atoms with Gasteiger partial charge in [-0.15, -0.1) is 0 Å². The van der Waals surface area contributed by atoms with Crippen LogP contribution in [0.4, 0.5) is 0 Å². The molecule has 4 rings (SSSR count). The molecule has 2 heterocycles. The van der Waals surface area contributed by atoms with Crippen molar-refractivity contribution in [1.29, 1.82) is 0 Å². The van der Waals surface area contributed by atoms with Crippen molar-refractivity contribution in [3.63, 3.8) is 0 Å². The van der Waals surface area contributed by atoms with E-state index in [1.165, 1.54) is 7.11 Å². The fraction of sp³-hybridized carbons (Fsp3) is 0.458. The summed E-state index contributed by atoms with van der Waals surface area (Å²) in [6.45, 7) is 0.931. The molecule has 0 spiro atoms. The van der Waals surface area contributed by atoms with Crippen molar-refractivity contribution < 1.29 is 19.0 Å². The number of methoxy groups -OCH3 is 2. The van der Waals surface area contributed by atoms with Crippen LogP contribution in [0.3, 0.4) is 0 Å². The average molecular weight is 440 g/mol. The largest absolute Gasteiger partial charge is 0.497 e. The quantitative estimate of drug-likeness (QED) is 0.525. The molecule has 3 aromatic rings. The summed E-state index contributed by atoms with van der Waals surface area (Å²) in [5.41, 5.74) is 2.27. The van der Waals surface area contributed by atoms with E-state index < -0.39 is 0 Å². The van der Waals surface area contributed by atoms with Crippen molar-refractivity contribution in [2.45, 2.75) is 38.8 Å². The lowest BCUT2D eigenvalue weighted by atomic mass is 9.82. The first-order chi connectivity index (χ1) is 15.5. The van der Waals surface area contributed by atoms with Crippen molar-refractivity contribution in [1.82, 2.24) is 14.1 Å². The van der Waals surface area contributed by atoms with Crippen LogP contribution in [0.25, 0.3) is 11.2 Å². The zero-order valence-corrected chi connectivity index (χ0v) is 18.7. The molecule has 1 aromatic carbocycles. The molecule has 0 bridgehead atoms. The van der Waals surface area contributed by atoms with E-state index in [1.807, 2.05) is 30.3 Å². The van der Waals surface area contributed by atoms with Gasteiger partial charge in [0.15, 0.2) is 5.65 Å². The summed E-state index contributed by atoms with van der Waals surface area (Å²) in [4.78, 5) is 29.3. The summed E-state index contributed by atoms with van der Waals surface area (Å²) >= 11 is 0. The maximum atomic E-state index is 12.9. The zero-order valence-electron chi connectivity index (χ0n) is 18.7. The number of rotatable bonds is 7. The second-order valence-electron chi connectivity index (χ2n) is 8.33. The van der Waals surface area contributed by atoms with Crippen molar-refractivity contribution in [3.05, 3.63) is 52.4 Å². The van der Waals surface area contributed by atoms with E-state index in [1.54, 1.807) is 29.4 Å². The molecule has 0 radical (unpaired) electrons. The second kappa shape index (κ2) is 9.46. The molecule has 1 aliphatic rings. The monoisotopic (exact) mass is 439 g/mol. The zero-order chi connectivity index (χ0) is 22.7. The van der Waals surface area contributed by atoms with Gasteiger partial charge < -0.3 is 14.2 Å². The van der Waals surface area contributed by atoms with E-state index in [0.717, 1.165) is 42.5 Å². The first-order valence-electron chi connectivity index (χ1n) is 10.9. The summed E-state index contributed by atoms with van der Waals surface area (Å²) in [7, 11) is 4.82. The highest BCUT2D eigenvalue weighted by Gasteiger charge is 2.28. The van der Waals surface area contributed by atoms with Crippen LogP contribution in [0.1, 0.15) is 31.2 Å². The topological polar surface area (TPSA) is 84.6 Å². The molecule has 1 fully saturated rings. The predicted molar refractivity (Wildman–Crippen MR) is 120 cm³/mol. The molecule has 0 saturated heterocycles. The molecule has 0 aliphatic heterocycles. The molecular formula is C24H29N3O5. The fourth-order valence-electron chi connectivity index (χ4n) is 4.43. The molecular weight excluding hydrogens is 410 g/mol. The molecule has 32 heavy (non-hydrogen) atoms. The molecule has 0 N–H and O–H groups in total. The number of ether oxygens (including phenoxy) is 3. The van der Waals surface area contributed by atoms with Gasteiger partial charge in [0.2, 0.25) is 5.88 Å². The van der Waals surface area contributed by atoms with Crippen LogP contribution in [0.15, 0.2) is 41.2 Å². The standard InChI is InChI=1S/C24H29N3O5/c1-26-20-11-12-21(32-15-17-5-4-6-19(13-17)30-2)25-22(20)27(24(26)29)14-16-7-9-18(10-8-16)23(28)31-3/h4-6,11-13,16,18H,7-10,14-15H2,1-3H3/t16-,18-. The van der Waals surface area contributed by atoms with Gasteiger partial charge in [-0.05, 0) is 55.4 Å². The number of aromatic nitrogens is 3. The molecule has 0 atom stereocenters. The van der Waals surface area contributed by atoms with Gasteiger partial charge in [0.05, 0.1) is 25.7 Å². The summed E-state index contributed by atoms with van der Waals surface area (Å²) in [5.74, 6) is 1.39. The van der Waals surface area contributed by atoms with E-state index in [4.69, 9.17) is 14.2 Å². The Morgan fingerprint density at radius 2 is 1.91 bits per heavy atom. The number of benzene rings is 1. The number of hydrogen-bond acceptors (Lipinski definition) is 6. The summed E-state index contributed by atoms with van der Waals surface area (Å²) in [6, 6.07) is 11.3. The third-order valence-electron chi connectivity index (χ3n) is 6.31. The lowest BCUT2D eigenvalue weighted by molar-refractivity contribution is -0.146. The van der Waals surface area contributed by atoms with E-state index in [9.17, 15) is 9.59 Å². The molecule has 8 nitrogen and oxygen atoms in total. The summed E-state index contributed by atoms with van der Waals surface area (Å²) < 4.78 is 19.4. The Morgan fingerprint density at radius 3 is 2.62 bits per heavy atom. The summed E-state index contributed by atoms with van der Waals surface area (Å²) in [5, 5.41) is 0. The Kier molecular flexibility index (Phi) is 6.48. The van der Waals surface area contributed by atoms with Gasteiger partial charge in [-0.3, -0.25) is 13.9 Å². The van der Waals surface area contributed by atoms with Crippen LogP contribution in [0.5, 0.6) is 11.6 Å².